The average Bonchev–Trinajstić information content (AvgIpc) is 3.00. The van der Waals surface area contributed by atoms with Crippen molar-refractivity contribution in [2.45, 2.75) is 82.4 Å². The molecule has 0 aromatic rings. The fourth-order valence-electron chi connectivity index (χ4n) is 4.28. The number of hydrogen-bond acceptors (Lipinski definition) is 4. The topological polar surface area (TPSA) is 41.9 Å². The van der Waals surface area contributed by atoms with E-state index in [1.807, 2.05) is 0 Å². The largest absolute Gasteiger partial charge is 0.391 e. The maximum absolute atomic E-state index is 10.5. The lowest BCUT2D eigenvalue weighted by molar-refractivity contribution is -0.207. The third-order valence-corrected chi connectivity index (χ3v) is 5.30. The van der Waals surface area contributed by atoms with Crippen LogP contribution < -0.4 is 0 Å². The van der Waals surface area contributed by atoms with Crippen LogP contribution in [0.3, 0.4) is 0 Å². The van der Waals surface area contributed by atoms with Gasteiger partial charge in [-0.1, -0.05) is 6.92 Å². The first-order chi connectivity index (χ1) is 9.15. The zero-order valence-electron chi connectivity index (χ0n) is 12.2. The van der Waals surface area contributed by atoms with Gasteiger partial charge in [-0.2, -0.15) is 0 Å². The highest BCUT2D eigenvalue weighted by Crippen LogP contribution is 2.41. The molecule has 3 fully saturated rings. The summed E-state index contributed by atoms with van der Waals surface area (Å²) in [5.41, 5.74) is 0. The van der Waals surface area contributed by atoms with Crippen LogP contribution in [-0.2, 0) is 9.47 Å². The molecule has 1 spiro atoms. The Morgan fingerprint density at radius 2 is 1.95 bits per heavy atom. The molecule has 1 saturated carbocycles. The van der Waals surface area contributed by atoms with Gasteiger partial charge in [0.05, 0.1) is 19.3 Å². The van der Waals surface area contributed by atoms with Crippen LogP contribution in [0.1, 0.15) is 52.4 Å². The molecular formula is C15H27NO3. The van der Waals surface area contributed by atoms with Gasteiger partial charge in [0.25, 0.3) is 0 Å². The van der Waals surface area contributed by atoms with E-state index in [0.717, 1.165) is 19.3 Å². The van der Waals surface area contributed by atoms with Crippen molar-refractivity contribution in [1.82, 2.24) is 4.90 Å². The van der Waals surface area contributed by atoms with Crippen LogP contribution in [0.15, 0.2) is 0 Å². The summed E-state index contributed by atoms with van der Waals surface area (Å²) < 4.78 is 11.7. The van der Waals surface area contributed by atoms with Gasteiger partial charge in [-0.15, -0.1) is 0 Å². The molecule has 4 atom stereocenters. The SMILES string of the molecule is CCC1CCC(C)N1C1CC2(CCC1O)OCCO2. The van der Waals surface area contributed by atoms with Crippen LogP contribution in [0.2, 0.25) is 0 Å². The van der Waals surface area contributed by atoms with Crippen molar-refractivity contribution in [3.8, 4) is 0 Å². The standard InChI is InChI=1S/C15H27NO3/c1-3-12-5-4-11(2)16(12)13-10-15(7-6-14(13)17)18-8-9-19-15/h11-14,17H,3-10H2,1-2H3. The summed E-state index contributed by atoms with van der Waals surface area (Å²) in [4.78, 5) is 2.55. The number of aliphatic hydroxyl groups is 1. The number of nitrogens with zero attached hydrogens (tertiary/aromatic N) is 1. The number of likely N-dealkylation sites (tertiary alicyclic amines) is 1. The van der Waals surface area contributed by atoms with Gasteiger partial charge >= 0.3 is 0 Å². The van der Waals surface area contributed by atoms with Crippen LogP contribution >= 0.6 is 0 Å². The van der Waals surface area contributed by atoms with Crippen molar-refractivity contribution in [3.05, 3.63) is 0 Å². The number of aliphatic hydroxyl groups excluding tert-OH is 1. The molecule has 4 heteroatoms. The fourth-order valence-corrected chi connectivity index (χ4v) is 4.28. The molecule has 2 saturated heterocycles. The Morgan fingerprint density at radius 1 is 1.21 bits per heavy atom. The normalized spacial score (nSPS) is 43.1. The number of rotatable bonds is 2. The Balaban J connectivity index is 1.77. The fraction of sp³-hybridized carbons (Fsp3) is 1.00. The Labute approximate surface area is 116 Å². The maximum Gasteiger partial charge on any atom is 0.170 e. The van der Waals surface area contributed by atoms with Crippen molar-refractivity contribution in [3.63, 3.8) is 0 Å². The second kappa shape index (κ2) is 5.32. The van der Waals surface area contributed by atoms with E-state index >= 15 is 0 Å². The van der Waals surface area contributed by atoms with E-state index in [1.165, 1.54) is 19.3 Å². The first kappa shape index (κ1) is 13.8. The van der Waals surface area contributed by atoms with E-state index in [-0.39, 0.29) is 12.1 Å². The first-order valence-electron chi connectivity index (χ1n) is 7.88. The zero-order chi connectivity index (χ0) is 13.5. The van der Waals surface area contributed by atoms with Crippen LogP contribution in [0.5, 0.6) is 0 Å². The zero-order valence-corrected chi connectivity index (χ0v) is 12.2. The summed E-state index contributed by atoms with van der Waals surface area (Å²) in [5.74, 6) is -0.398. The van der Waals surface area contributed by atoms with E-state index in [0.29, 0.717) is 25.3 Å². The van der Waals surface area contributed by atoms with Crippen LogP contribution in [0.4, 0.5) is 0 Å². The number of ether oxygens (including phenoxy) is 2. The van der Waals surface area contributed by atoms with Gasteiger partial charge in [-0.25, -0.2) is 0 Å². The van der Waals surface area contributed by atoms with E-state index in [1.54, 1.807) is 0 Å². The molecule has 3 aliphatic rings. The highest BCUT2D eigenvalue weighted by atomic mass is 16.7. The minimum atomic E-state index is -0.398. The summed E-state index contributed by atoms with van der Waals surface area (Å²) in [7, 11) is 0. The predicted molar refractivity (Wildman–Crippen MR) is 72.9 cm³/mol. The molecule has 4 nitrogen and oxygen atoms in total. The van der Waals surface area contributed by atoms with E-state index in [9.17, 15) is 5.11 Å². The number of hydrogen-bond donors (Lipinski definition) is 1. The lowest BCUT2D eigenvalue weighted by Crippen LogP contribution is -2.56. The molecule has 19 heavy (non-hydrogen) atoms. The van der Waals surface area contributed by atoms with E-state index < -0.39 is 5.79 Å². The summed E-state index contributed by atoms with van der Waals surface area (Å²) in [5, 5.41) is 10.5. The summed E-state index contributed by atoms with van der Waals surface area (Å²) in [6.45, 7) is 5.95. The van der Waals surface area contributed by atoms with Gasteiger partial charge < -0.3 is 14.6 Å². The van der Waals surface area contributed by atoms with Crippen LogP contribution in [0, 0.1) is 0 Å². The third-order valence-electron chi connectivity index (χ3n) is 5.30. The molecular weight excluding hydrogens is 242 g/mol. The second-order valence-electron chi connectivity index (χ2n) is 6.42. The van der Waals surface area contributed by atoms with Crippen molar-refractivity contribution >= 4 is 0 Å². The summed E-state index contributed by atoms with van der Waals surface area (Å²) in [6.07, 6.45) is 5.91. The molecule has 3 rings (SSSR count). The van der Waals surface area contributed by atoms with E-state index in [4.69, 9.17) is 9.47 Å². The highest BCUT2D eigenvalue weighted by molar-refractivity contribution is 4.98. The van der Waals surface area contributed by atoms with Crippen LogP contribution in [0.25, 0.3) is 0 Å². The molecule has 1 aliphatic carbocycles. The molecule has 0 aromatic heterocycles. The second-order valence-corrected chi connectivity index (χ2v) is 6.42. The van der Waals surface area contributed by atoms with Gasteiger partial charge in [0.1, 0.15) is 0 Å². The molecule has 4 unspecified atom stereocenters. The van der Waals surface area contributed by atoms with Gasteiger partial charge in [-0.3, -0.25) is 4.90 Å². The van der Waals surface area contributed by atoms with Gasteiger partial charge in [0.2, 0.25) is 0 Å². The molecule has 2 aliphatic heterocycles. The van der Waals surface area contributed by atoms with Crippen molar-refractivity contribution < 1.29 is 14.6 Å². The average molecular weight is 269 g/mol. The Bertz CT molecular complexity index is 317. The van der Waals surface area contributed by atoms with Gasteiger partial charge in [-0.05, 0) is 32.6 Å². The van der Waals surface area contributed by atoms with Crippen molar-refractivity contribution in [2.24, 2.45) is 0 Å². The predicted octanol–water partition coefficient (Wildman–Crippen LogP) is 1.91. The Hall–Kier alpha value is -0.160. The van der Waals surface area contributed by atoms with Crippen molar-refractivity contribution in [1.29, 1.82) is 0 Å². The summed E-state index contributed by atoms with van der Waals surface area (Å²) in [6, 6.07) is 1.39. The molecule has 0 bridgehead atoms. The molecule has 0 aromatic carbocycles. The molecule has 2 heterocycles. The van der Waals surface area contributed by atoms with Gasteiger partial charge in [0, 0.05) is 31.0 Å². The first-order valence-corrected chi connectivity index (χ1v) is 7.88. The molecule has 110 valence electrons. The van der Waals surface area contributed by atoms with Crippen molar-refractivity contribution in [2.75, 3.05) is 13.2 Å². The third kappa shape index (κ3) is 2.44. The molecule has 0 radical (unpaired) electrons. The van der Waals surface area contributed by atoms with Gasteiger partial charge in [0.15, 0.2) is 5.79 Å². The minimum absolute atomic E-state index is 0.203. The quantitative estimate of drug-likeness (QED) is 0.831. The van der Waals surface area contributed by atoms with Crippen LogP contribution in [-0.4, -0.2) is 53.2 Å². The van der Waals surface area contributed by atoms with E-state index in [2.05, 4.69) is 18.7 Å². The molecule has 0 amide bonds. The summed E-state index contributed by atoms with van der Waals surface area (Å²) >= 11 is 0. The highest BCUT2D eigenvalue weighted by Gasteiger charge is 2.49. The Morgan fingerprint density at radius 3 is 2.63 bits per heavy atom. The minimum Gasteiger partial charge on any atom is -0.391 e. The Kier molecular flexibility index (Phi) is 3.87. The molecule has 1 N–H and O–H groups in total. The monoisotopic (exact) mass is 269 g/mol. The lowest BCUT2D eigenvalue weighted by Gasteiger charge is -2.46. The smallest absolute Gasteiger partial charge is 0.170 e. The maximum atomic E-state index is 10.5. The lowest BCUT2D eigenvalue weighted by atomic mass is 9.85.